The summed E-state index contributed by atoms with van der Waals surface area (Å²) in [6.07, 6.45) is 5.20. The van der Waals surface area contributed by atoms with Gasteiger partial charge in [-0.25, -0.2) is 0 Å². The summed E-state index contributed by atoms with van der Waals surface area (Å²) >= 11 is 0. The van der Waals surface area contributed by atoms with E-state index in [1.54, 1.807) is 0 Å². The zero-order chi connectivity index (χ0) is 7.98. The molecule has 0 spiro atoms. The number of unbranched alkanes of at least 4 members (excludes halogenated alkanes) is 1. The Morgan fingerprint density at radius 1 is 1.50 bits per heavy atom. The third-order valence-electron chi connectivity index (χ3n) is 1.38. The molecule has 0 saturated heterocycles. The molecule has 0 rings (SSSR count). The summed E-state index contributed by atoms with van der Waals surface area (Å²) in [6.45, 7) is 6.03. The standard InChI is InChI=1S/C9H18O/c1-8(2)6-4-5-7-9(3)10/h6,9-10H,4-5,7H2,1-3H3. The van der Waals surface area contributed by atoms with Crippen LogP contribution in [-0.2, 0) is 0 Å². The van der Waals surface area contributed by atoms with E-state index in [1.807, 2.05) is 6.92 Å². The van der Waals surface area contributed by atoms with Gasteiger partial charge in [0.25, 0.3) is 0 Å². The monoisotopic (exact) mass is 142 g/mol. The highest BCUT2D eigenvalue weighted by Gasteiger charge is 1.92. The Labute approximate surface area is 63.8 Å². The van der Waals surface area contributed by atoms with Crippen LogP contribution in [0.5, 0.6) is 0 Å². The van der Waals surface area contributed by atoms with E-state index in [0.29, 0.717) is 0 Å². The van der Waals surface area contributed by atoms with E-state index in [4.69, 9.17) is 5.11 Å². The molecule has 1 nitrogen and oxygen atoms in total. The summed E-state index contributed by atoms with van der Waals surface area (Å²) in [6, 6.07) is 0. The largest absolute Gasteiger partial charge is 0.393 e. The maximum Gasteiger partial charge on any atom is 0.0512 e. The lowest BCUT2D eigenvalue weighted by molar-refractivity contribution is 0.182. The highest BCUT2D eigenvalue weighted by Crippen LogP contribution is 2.02. The predicted octanol–water partition coefficient (Wildman–Crippen LogP) is 2.50. The minimum atomic E-state index is -0.134. The molecule has 0 aromatic rings. The molecule has 1 N–H and O–H groups in total. The van der Waals surface area contributed by atoms with Crippen molar-refractivity contribution in [3.63, 3.8) is 0 Å². The highest BCUT2D eigenvalue weighted by molar-refractivity contribution is 4.92. The van der Waals surface area contributed by atoms with Crippen molar-refractivity contribution in [2.75, 3.05) is 0 Å². The maximum absolute atomic E-state index is 8.90. The van der Waals surface area contributed by atoms with Crippen LogP contribution in [0.25, 0.3) is 0 Å². The summed E-state index contributed by atoms with van der Waals surface area (Å²) in [4.78, 5) is 0. The molecule has 1 heteroatoms. The Balaban J connectivity index is 3.13. The molecule has 0 bridgehead atoms. The first kappa shape index (κ1) is 9.70. The molecule has 0 amide bonds. The molecular formula is C9H18O. The van der Waals surface area contributed by atoms with Gasteiger partial charge in [0.15, 0.2) is 0 Å². The smallest absolute Gasteiger partial charge is 0.0512 e. The predicted molar refractivity (Wildman–Crippen MR) is 45.0 cm³/mol. The fraction of sp³-hybridized carbons (Fsp3) is 0.778. The van der Waals surface area contributed by atoms with Crippen molar-refractivity contribution in [1.29, 1.82) is 0 Å². The molecule has 0 radical (unpaired) electrons. The Hall–Kier alpha value is -0.300. The quantitative estimate of drug-likeness (QED) is 0.472. The molecule has 10 heavy (non-hydrogen) atoms. The van der Waals surface area contributed by atoms with Crippen molar-refractivity contribution in [2.24, 2.45) is 0 Å². The van der Waals surface area contributed by atoms with Gasteiger partial charge in [0.2, 0.25) is 0 Å². The Morgan fingerprint density at radius 3 is 2.50 bits per heavy atom. The van der Waals surface area contributed by atoms with Gasteiger partial charge in [-0.3, -0.25) is 0 Å². The molecule has 1 unspecified atom stereocenters. The van der Waals surface area contributed by atoms with Crippen molar-refractivity contribution >= 4 is 0 Å². The fourth-order valence-electron chi connectivity index (χ4n) is 0.804. The van der Waals surface area contributed by atoms with Gasteiger partial charge in [0.1, 0.15) is 0 Å². The average Bonchev–Trinajstić information content (AvgIpc) is 1.79. The lowest BCUT2D eigenvalue weighted by atomic mass is 10.1. The van der Waals surface area contributed by atoms with Crippen LogP contribution in [-0.4, -0.2) is 11.2 Å². The van der Waals surface area contributed by atoms with Crippen molar-refractivity contribution < 1.29 is 5.11 Å². The van der Waals surface area contributed by atoms with Gasteiger partial charge in [-0.1, -0.05) is 11.6 Å². The number of hydrogen-bond donors (Lipinski definition) is 1. The Bertz CT molecular complexity index is 99.3. The summed E-state index contributed by atoms with van der Waals surface area (Å²) in [5.41, 5.74) is 1.37. The van der Waals surface area contributed by atoms with E-state index in [0.717, 1.165) is 19.3 Å². The van der Waals surface area contributed by atoms with Crippen LogP contribution in [0.4, 0.5) is 0 Å². The van der Waals surface area contributed by atoms with Crippen molar-refractivity contribution in [2.45, 2.75) is 46.1 Å². The topological polar surface area (TPSA) is 20.2 Å². The fourth-order valence-corrected chi connectivity index (χ4v) is 0.804. The number of rotatable bonds is 4. The Kier molecular flexibility index (Phi) is 5.32. The van der Waals surface area contributed by atoms with E-state index < -0.39 is 0 Å². The molecule has 0 aromatic heterocycles. The number of allylic oxidation sites excluding steroid dienone is 2. The zero-order valence-electron chi connectivity index (χ0n) is 7.22. The zero-order valence-corrected chi connectivity index (χ0v) is 7.22. The molecule has 0 aromatic carbocycles. The molecular weight excluding hydrogens is 124 g/mol. The molecule has 0 fully saturated rings. The summed E-state index contributed by atoms with van der Waals surface area (Å²) < 4.78 is 0. The lowest BCUT2D eigenvalue weighted by Crippen LogP contribution is -1.97. The van der Waals surface area contributed by atoms with Gasteiger partial charge in [0, 0.05) is 0 Å². The second-order valence-corrected chi connectivity index (χ2v) is 3.06. The van der Waals surface area contributed by atoms with Crippen molar-refractivity contribution in [3.05, 3.63) is 11.6 Å². The molecule has 1 atom stereocenters. The number of aliphatic hydroxyl groups excluding tert-OH is 1. The second-order valence-electron chi connectivity index (χ2n) is 3.06. The van der Waals surface area contributed by atoms with Gasteiger partial charge in [0.05, 0.1) is 6.10 Å². The molecule has 0 heterocycles. The average molecular weight is 142 g/mol. The molecule has 0 aliphatic rings. The number of aliphatic hydroxyl groups is 1. The third kappa shape index (κ3) is 7.70. The maximum atomic E-state index is 8.90. The van der Waals surface area contributed by atoms with Gasteiger partial charge < -0.3 is 5.11 Å². The van der Waals surface area contributed by atoms with E-state index in [-0.39, 0.29) is 6.10 Å². The van der Waals surface area contributed by atoms with Gasteiger partial charge in [-0.15, -0.1) is 0 Å². The minimum absolute atomic E-state index is 0.134. The Morgan fingerprint density at radius 2 is 2.10 bits per heavy atom. The van der Waals surface area contributed by atoms with Crippen LogP contribution in [0.2, 0.25) is 0 Å². The molecule has 0 aliphatic heterocycles. The highest BCUT2D eigenvalue weighted by atomic mass is 16.3. The summed E-state index contributed by atoms with van der Waals surface area (Å²) in [5, 5.41) is 8.90. The minimum Gasteiger partial charge on any atom is -0.393 e. The first-order chi connectivity index (χ1) is 4.63. The molecule has 0 saturated carbocycles. The van der Waals surface area contributed by atoms with Crippen molar-refractivity contribution in [3.8, 4) is 0 Å². The SMILES string of the molecule is CC(C)=CCCCC(C)O. The van der Waals surface area contributed by atoms with E-state index in [1.165, 1.54) is 5.57 Å². The van der Waals surface area contributed by atoms with Gasteiger partial charge in [-0.2, -0.15) is 0 Å². The second kappa shape index (κ2) is 5.48. The van der Waals surface area contributed by atoms with Crippen LogP contribution < -0.4 is 0 Å². The van der Waals surface area contributed by atoms with Gasteiger partial charge >= 0.3 is 0 Å². The van der Waals surface area contributed by atoms with Crippen LogP contribution >= 0.6 is 0 Å². The normalized spacial score (nSPS) is 12.8. The first-order valence-corrected chi connectivity index (χ1v) is 3.94. The van der Waals surface area contributed by atoms with Crippen LogP contribution in [0, 0.1) is 0 Å². The third-order valence-corrected chi connectivity index (χ3v) is 1.38. The molecule has 0 aliphatic carbocycles. The summed E-state index contributed by atoms with van der Waals surface area (Å²) in [7, 11) is 0. The summed E-state index contributed by atoms with van der Waals surface area (Å²) in [5.74, 6) is 0. The van der Waals surface area contributed by atoms with E-state index >= 15 is 0 Å². The molecule has 60 valence electrons. The lowest BCUT2D eigenvalue weighted by Gasteiger charge is -2.00. The van der Waals surface area contributed by atoms with E-state index in [9.17, 15) is 0 Å². The number of hydrogen-bond acceptors (Lipinski definition) is 1. The van der Waals surface area contributed by atoms with Crippen LogP contribution in [0.15, 0.2) is 11.6 Å². The van der Waals surface area contributed by atoms with Crippen LogP contribution in [0.3, 0.4) is 0 Å². The first-order valence-electron chi connectivity index (χ1n) is 3.94. The van der Waals surface area contributed by atoms with Crippen LogP contribution in [0.1, 0.15) is 40.0 Å². The van der Waals surface area contributed by atoms with Gasteiger partial charge in [-0.05, 0) is 40.0 Å². The van der Waals surface area contributed by atoms with Crippen molar-refractivity contribution in [1.82, 2.24) is 0 Å². The van der Waals surface area contributed by atoms with E-state index in [2.05, 4.69) is 19.9 Å².